The number of ether oxygens (including phenoxy) is 2. The van der Waals surface area contributed by atoms with E-state index in [9.17, 15) is 0 Å². The highest BCUT2D eigenvalue weighted by atomic mass is 35.5. The molecule has 0 amide bonds. The van der Waals surface area contributed by atoms with Crippen molar-refractivity contribution in [1.29, 1.82) is 0 Å². The fourth-order valence-electron chi connectivity index (χ4n) is 1.60. The fraction of sp³-hybridized carbons (Fsp3) is 0.333. The molecule has 18 heavy (non-hydrogen) atoms. The summed E-state index contributed by atoms with van der Waals surface area (Å²) >= 11 is 11.9. The van der Waals surface area contributed by atoms with E-state index >= 15 is 0 Å². The summed E-state index contributed by atoms with van der Waals surface area (Å²) in [4.78, 5) is 8.05. The molecule has 0 aliphatic rings. The number of fused-ring (bicyclic) bond motifs is 1. The van der Waals surface area contributed by atoms with Gasteiger partial charge in [0.25, 0.3) is 0 Å². The topological polar surface area (TPSA) is 44.2 Å². The minimum absolute atomic E-state index is 0.00653. The molecule has 0 saturated carbocycles. The zero-order chi connectivity index (χ0) is 13.3. The van der Waals surface area contributed by atoms with Gasteiger partial charge in [-0.3, -0.25) is 0 Å². The maximum atomic E-state index is 6.09. The molecule has 6 heteroatoms. The number of aromatic nitrogens is 2. The second kappa shape index (κ2) is 5.16. The molecule has 1 aromatic heterocycles. The first-order valence-electron chi connectivity index (χ1n) is 5.38. The van der Waals surface area contributed by atoms with E-state index in [1.165, 1.54) is 0 Å². The summed E-state index contributed by atoms with van der Waals surface area (Å²) in [7, 11) is 1.57. The third-order valence-electron chi connectivity index (χ3n) is 2.26. The van der Waals surface area contributed by atoms with Crippen molar-refractivity contribution in [3.05, 3.63) is 22.6 Å². The van der Waals surface area contributed by atoms with Crippen LogP contribution in [0.25, 0.3) is 10.9 Å². The standard InChI is InChI=1S/C12H12Cl2N2O2/c1-6(2)18-9-5-7(17-3)4-8-10(9)11(13)16-12(14)15-8/h4-6H,1-3H3. The number of nitrogens with zero attached hydrogens (tertiary/aromatic N) is 2. The molecule has 0 unspecified atom stereocenters. The van der Waals surface area contributed by atoms with Gasteiger partial charge < -0.3 is 9.47 Å². The Morgan fingerprint density at radius 3 is 2.50 bits per heavy atom. The molecule has 0 aliphatic carbocycles. The molecule has 2 rings (SSSR count). The van der Waals surface area contributed by atoms with Crippen molar-refractivity contribution in [1.82, 2.24) is 9.97 Å². The Bertz CT molecular complexity index is 588. The highest BCUT2D eigenvalue weighted by Gasteiger charge is 2.14. The minimum Gasteiger partial charge on any atom is -0.497 e. The quantitative estimate of drug-likeness (QED) is 0.637. The number of rotatable bonds is 3. The van der Waals surface area contributed by atoms with Gasteiger partial charge in [0.2, 0.25) is 5.28 Å². The molecule has 0 saturated heterocycles. The Kier molecular flexibility index (Phi) is 3.78. The van der Waals surface area contributed by atoms with Gasteiger partial charge in [0.05, 0.1) is 24.1 Å². The van der Waals surface area contributed by atoms with Gasteiger partial charge in [-0.25, -0.2) is 9.97 Å². The summed E-state index contributed by atoms with van der Waals surface area (Å²) in [5.74, 6) is 1.21. The Balaban J connectivity index is 2.72. The van der Waals surface area contributed by atoms with Crippen LogP contribution in [-0.2, 0) is 0 Å². The molecule has 1 heterocycles. The Morgan fingerprint density at radius 2 is 1.89 bits per heavy atom. The first-order valence-corrected chi connectivity index (χ1v) is 6.14. The van der Waals surface area contributed by atoms with Crippen molar-refractivity contribution in [3.63, 3.8) is 0 Å². The number of benzene rings is 1. The van der Waals surface area contributed by atoms with E-state index in [1.807, 2.05) is 13.8 Å². The summed E-state index contributed by atoms with van der Waals surface area (Å²) in [6.07, 6.45) is 0.00653. The maximum Gasteiger partial charge on any atom is 0.224 e. The second-order valence-corrected chi connectivity index (χ2v) is 4.67. The zero-order valence-corrected chi connectivity index (χ0v) is 11.7. The van der Waals surface area contributed by atoms with Crippen LogP contribution in [-0.4, -0.2) is 23.2 Å². The van der Waals surface area contributed by atoms with Crippen molar-refractivity contribution >= 4 is 34.1 Å². The highest BCUT2D eigenvalue weighted by molar-refractivity contribution is 6.36. The lowest BCUT2D eigenvalue weighted by molar-refractivity contribution is 0.244. The summed E-state index contributed by atoms with van der Waals surface area (Å²) in [6.45, 7) is 3.85. The van der Waals surface area contributed by atoms with E-state index < -0.39 is 0 Å². The molecular weight excluding hydrogens is 275 g/mol. The average molecular weight is 287 g/mol. The van der Waals surface area contributed by atoms with Gasteiger partial charge in [0, 0.05) is 12.1 Å². The largest absolute Gasteiger partial charge is 0.497 e. The highest BCUT2D eigenvalue weighted by Crippen LogP contribution is 2.35. The number of hydrogen-bond donors (Lipinski definition) is 0. The first kappa shape index (κ1) is 13.2. The third-order valence-corrected chi connectivity index (χ3v) is 2.71. The molecule has 0 fully saturated rings. The molecule has 0 spiro atoms. The van der Waals surface area contributed by atoms with E-state index in [-0.39, 0.29) is 16.5 Å². The van der Waals surface area contributed by atoms with E-state index in [0.29, 0.717) is 22.4 Å². The van der Waals surface area contributed by atoms with Crippen LogP contribution >= 0.6 is 23.2 Å². The van der Waals surface area contributed by atoms with Gasteiger partial charge in [0.1, 0.15) is 16.7 Å². The summed E-state index contributed by atoms with van der Waals surface area (Å²) < 4.78 is 10.9. The molecule has 0 bridgehead atoms. The van der Waals surface area contributed by atoms with Crippen LogP contribution in [0.4, 0.5) is 0 Å². The van der Waals surface area contributed by atoms with Gasteiger partial charge in [0.15, 0.2) is 0 Å². The number of methoxy groups -OCH3 is 1. The first-order chi connectivity index (χ1) is 8.51. The lowest BCUT2D eigenvalue weighted by Crippen LogP contribution is -2.06. The molecule has 0 atom stereocenters. The minimum atomic E-state index is 0.00653. The zero-order valence-electron chi connectivity index (χ0n) is 10.2. The molecule has 0 aliphatic heterocycles. The molecule has 96 valence electrons. The predicted molar refractivity (Wildman–Crippen MR) is 71.9 cm³/mol. The molecule has 4 nitrogen and oxygen atoms in total. The van der Waals surface area contributed by atoms with Crippen LogP contribution in [0.15, 0.2) is 12.1 Å². The van der Waals surface area contributed by atoms with E-state index in [0.717, 1.165) is 0 Å². The van der Waals surface area contributed by atoms with Crippen molar-refractivity contribution in [2.45, 2.75) is 20.0 Å². The average Bonchev–Trinajstić information content (AvgIpc) is 2.26. The smallest absolute Gasteiger partial charge is 0.224 e. The Hall–Kier alpha value is -1.26. The monoisotopic (exact) mass is 286 g/mol. The van der Waals surface area contributed by atoms with Crippen LogP contribution in [0, 0.1) is 0 Å². The van der Waals surface area contributed by atoms with Gasteiger partial charge in [-0.1, -0.05) is 11.6 Å². The Morgan fingerprint density at radius 1 is 1.17 bits per heavy atom. The SMILES string of the molecule is COc1cc(OC(C)C)c2c(Cl)nc(Cl)nc2c1. The maximum absolute atomic E-state index is 6.09. The van der Waals surface area contributed by atoms with E-state index in [2.05, 4.69) is 9.97 Å². The number of halogens is 2. The van der Waals surface area contributed by atoms with Gasteiger partial charge in [-0.2, -0.15) is 0 Å². The van der Waals surface area contributed by atoms with Crippen molar-refractivity contribution in [2.75, 3.05) is 7.11 Å². The van der Waals surface area contributed by atoms with E-state index in [1.54, 1.807) is 19.2 Å². The molecular formula is C12H12Cl2N2O2. The van der Waals surface area contributed by atoms with Crippen molar-refractivity contribution < 1.29 is 9.47 Å². The molecule has 1 aromatic carbocycles. The number of hydrogen-bond acceptors (Lipinski definition) is 4. The van der Waals surface area contributed by atoms with Crippen LogP contribution in [0.3, 0.4) is 0 Å². The molecule has 0 N–H and O–H groups in total. The second-order valence-electron chi connectivity index (χ2n) is 3.97. The Labute approximate surface area is 115 Å². The van der Waals surface area contributed by atoms with E-state index in [4.69, 9.17) is 32.7 Å². The predicted octanol–water partition coefficient (Wildman–Crippen LogP) is 3.73. The van der Waals surface area contributed by atoms with Crippen LogP contribution < -0.4 is 9.47 Å². The summed E-state index contributed by atoms with van der Waals surface area (Å²) in [5.41, 5.74) is 0.593. The van der Waals surface area contributed by atoms with Gasteiger partial charge in [-0.05, 0) is 25.4 Å². The third kappa shape index (κ3) is 2.60. The van der Waals surface area contributed by atoms with Crippen LogP contribution in [0.2, 0.25) is 10.4 Å². The van der Waals surface area contributed by atoms with Crippen molar-refractivity contribution in [2.24, 2.45) is 0 Å². The molecule has 0 radical (unpaired) electrons. The van der Waals surface area contributed by atoms with Crippen LogP contribution in [0.1, 0.15) is 13.8 Å². The van der Waals surface area contributed by atoms with Crippen LogP contribution in [0.5, 0.6) is 11.5 Å². The summed E-state index contributed by atoms with van der Waals surface area (Å²) in [5, 5.41) is 0.995. The normalized spacial score (nSPS) is 11.0. The lowest BCUT2D eigenvalue weighted by Gasteiger charge is -2.14. The van der Waals surface area contributed by atoms with Crippen molar-refractivity contribution in [3.8, 4) is 11.5 Å². The molecule has 2 aromatic rings. The fourth-order valence-corrected chi connectivity index (χ4v) is 2.09. The van der Waals surface area contributed by atoms with Gasteiger partial charge >= 0.3 is 0 Å². The lowest BCUT2D eigenvalue weighted by atomic mass is 10.2. The van der Waals surface area contributed by atoms with Gasteiger partial charge in [-0.15, -0.1) is 0 Å². The summed E-state index contributed by atoms with van der Waals surface area (Å²) in [6, 6.07) is 3.49.